The molecule has 0 aromatic heterocycles. The normalized spacial score (nSPS) is 8.69. The first-order chi connectivity index (χ1) is 6.06. The SMILES string of the molecule is CCC(=O)NNC(=O)COC(N)=O. The second kappa shape index (κ2) is 5.81. The summed E-state index contributed by atoms with van der Waals surface area (Å²) in [5.41, 5.74) is 8.70. The number of rotatable bonds is 3. The van der Waals surface area contributed by atoms with Crippen molar-refractivity contribution in [2.24, 2.45) is 5.73 Å². The number of ether oxygens (including phenoxy) is 1. The van der Waals surface area contributed by atoms with Crippen molar-refractivity contribution in [1.82, 2.24) is 10.9 Å². The van der Waals surface area contributed by atoms with E-state index in [1.807, 2.05) is 5.43 Å². The second-order valence-electron chi connectivity index (χ2n) is 2.06. The Kier molecular flexibility index (Phi) is 5.01. The summed E-state index contributed by atoms with van der Waals surface area (Å²) in [6.07, 6.45) is -0.797. The van der Waals surface area contributed by atoms with Gasteiger partial charge in [-0.2, -0.15) is 0 Å². The van der Waals surface area contributed by atoms with Gasteiger partial charge in [-0.05, 0) is 0 Å². The van der Waals surface area contributed by atoms with Crippen LogP contribution in [-0.2, 0) is 14.3 Å². The molecule has 0 fully saturated rings. The highest BCUT2D eigenvalue weighted by Gasteiger charge is 2.04. The molecular weight excluding hydrogens is 178 g/mol. The maximum Gasteiger partial charge on any atom is 0.405 e. The highest BCUT2D eigenvalue weighted by molar-refractivity contribution is 5.83. The molecule has 0 rings (SSSR count). The van der Waals surface area contributed by atoms with Crippen molar-refractivity contribution < 1.29 is 19.1 Å². The number of nitrogens with one attached hydrogen (secondary N) is 2. The minimum atomic E-state index is -1.04. The number of amides is 3. The van der Waals surface area contributed by atoms with Crippen LogP contribution in [0.5, 0.6) is 0 Å². The molecule has 13 heavy (non-hydrogen) atoms. The number of hydrogen-bond donors (Lipinski definition) is 3. The summed E-state index contributed by atoms with van der Waals surface area (Å²) in [6, 6.07) is 0. The van der Waals surface area contributed by atoms with E-state index in [1.165, 1.54) is 0 Å². The molecule has 0 spiro atoms. The van der Waals surface area contributed by atoms with Crippen LogP contribution in [0.4, 0.5) is 4.79 Å². The quantitative estimate of drug-likeness (QED) is 0.476. The van der Waals surface area contributed by atoms with Gasteiger partial charge < -0.3 is 10.5 Å². The average molecular weight is 189 g/mol. The number of hydrogen-bond acceptors (Lipinski definition) is 4. The molecule has 0 saturated carbocycles. The van der Waals surface area contributed by atoms with Crippen molar-refractivity contribution in [3.05, 3.63) is 0 Å². The molecule has 0 aromatic carbocycles. The Hall–Kier alpha value is -1.79. The van der Waals surface area contributed by atoms with Gasteiger partial charge in [-0.3, -0.25) is 20.4 Å². The van der Waals surface area contributed by atoms with E-state index >= 15 is 0 Å². The first-order valence-corrected chi connectivity index (χ1v) is 3.56. The van der Waals surface area contributed by atoms with E-state index in [9.17, 15) is 14.4 Å². The lowest BCUT2D eigenvalue weighted by Crippen LogP contribution is -2.43. The minimum absolute atomic E-state index is 0.247. The van der Waals surface area contributed by atoms with Crippen molar-refractivity contribution in [3.8, 4) is 0 Å². The van der Waals surface area contributed by atoms with Gasteiger partial charge in [0.2, 0.25) is 5.91 Å². The molecule has 0 aromatic rings. The van der Waals surface area contributed by atoms with Crippen molar-refractivity contribution >= 4 is 17.9 Å². The van der Waals surface area contributed by atoms with Crippen molar-refractivity contribution in [1.29, 1.82) is 0 Å². The Morgan fingerprint density at radius 3 is 2.23 bits per heavy atom. The topological polar surface area (TPSA) is 111 Å². The lowest BCUT2D eigenvalue weighted by Gasteiger charge is -2.05. The third kappa shape index (κ3) is 6.60. The van der Waals surface area contributed by atoms with Crippen molar-refractivity contribution in [2.45, 2.75) is 13.3 Å². The molecule has 0 atom stereocenters. The molecule has 0 heterocycles. The highest BCUT2D eigenvalue weighted by Crippen LogP contribution is 1.74. The third-order valence-electron chi connectivity index (χ3n) is 1.01. The van der Waals surface area contributed by atoms with Crippen LogP contribution in [0, 0.1) is 0 Å². The first-order valence-electron chi connectivity index (χ1n) is 3.56. The van der Waals surface area contributed by atoms with Crippen LogP contribution < -0.4 is 16.6 Å². The maximum atomic E-state index is 10.7. The molecule has 0 aliphatic rings. The lowest BCUT2D eigenvalue weighted by atomic mass is 10.5. The fourth-order valence-corrected chi connectivity index (χ4v) is 0.401. The molecule has 0 aliphatic heterocycles. The zero-order chi connectivity index (χ0) is 10.3. The van der Waals surface area contributed by atoms with Gasteiger partial charge in [0.05, 0.1) is 0 Å². The molecule has 3 amide bonds. The molecule has 0 saturated heterocycles. The van der Waals surface area contributed by atoms with Gasteiger partial charge in [0, 0.05) is 6.42 Å². The van der Waals surface area contributed by atoms with E-state index in [2.05, 4.69) is 15.9 Å². The molecule has 0 radical (unpaired) electrons. The minimum Gasteiger partial charge on any atom is -0.440 e. The van der Waals surface area contributed by atoms with Crippen LogP contribution in [-0.4, -0.2) is 24.5 Å². The Morgan fingerprint density at radius 1 is 1.23 bits per heavy atom. The summed E-state index contributed by atoms with van der Waals surface area (Å²) in [4.78, 5) is 31.3. The van der Waals surface area contributed by atoms with Gasteiger partial charge in [0.1, 0.15) is 0 Å². The van der Waals surface area contributed by atoms with Crippen LogP contribution in [0.2, 0.25) is 0 Å². The van der Waals surface area contributed by atoms with E-state index < -0.39 is 18.6 Å². The molecule has 7 heteroatoms. The third-order valence-corrected chi connectivity index (χ3v) is 1.01. The zero-order valence-electron chi connectivity index (χ0n) is 7.12. The van der Waals surface area contributed by atoms with Crippen molar-refractivity contribution in [3.63, 3.8) is 0 Å². The molecule has 7 nitrogen and oxygen atoms in total. The fraction of sp³-hybridized carbons (Fsp3) is 0.500. The Labute approximate surface area is 74.6 Å². The summed E-state index contributed by atoms with van der Waals surface area (Å²) in [6.45, 7) is 1.11. The van der Waals surface area contributed by atoms with Crippen LogP contribution >= 0.6 is 0 Å². The van der Waals surface area contributed by atoms with E-state index in [0.29, 0.717) is 0 Å². The number of nitrogens with two attached hydrogens (primary N) is 1. The number of carbonyl (C=O) groups is 3. The zero-order valence-corrected chi connectivity index (χ0v) is 7.12. The van der Waals surface area contributed by atoms with E-state index in [4.69, 9.17) is 0 Å². The lowest BCUT2D eigenvalue weighted by molar-refractivity contribution is -0.130. The van der Waals surface area contributed by atoms with Crippen LogP contribution in [0.15, 0.2) is 0 Å². The molecule has 0 unspecified atom stereocenters. The van der Waals surface area contributed by atoms with E-state index in [1.54, 1.807) is 6.92 Å². The van der Waals surface area contributed by atoms with Crippen LogP contribution in [0.3, 0.4) is 0 Å². The van der Waals surface area contributed by atoms with Crippen LogP contribution in [0.25, 0.3) is 0 Å². The smallest absolute Gasteiger partial charge is 0.405 e. The molecule has 74 valence electrons. The predicted molar refractivity (Wildman–Crippen MR) is 42.1 cm³/mol. The van der Waals surface area contributed by atoms with Gasteiger partial charge in [-0.25, -0.2) is 4.79 Å². The predicted octanol–water partition coefficient (Wildman–Crippen LogP) is -1.36. The number of hydrazine groups is 1. The molecule has 4 N–H and O–H groups in total. The Morgan fingerprint density at radius 2 is 1.77 bits per heavy atom. The average Bonchev–Trinajstić information content (AvgIpc) is 2.10. The largest absolute Gasteiger partial charge is 0.440 e. The van der Waals surface area contributed by atoms with E-state index in [-0.39, 0.29) is 12.3 Å². The van der Waals surface area contributed by atoms with E-state index in [0.717, 1.165) is 0 Å². The first kappa shape index (κ1) is 11.2. The summed E-state index contributed by atoms with van der Waals surface area (Å²) < 4.78 is 4.15. The van der Waals surface area contributed by atoms with Gasteiger partial charge >= 0.3 is 6.09 Å². The molecular formula is C6H11N3O4. The standard InChI is InChI=1S/C6H11N3O4/c1-2-4(10)8-9-5(11)3-13-6(7)12/h2-3H2,1H3,(H2,7,12)(H,8,10)(H,9,11). The van der Waals surface area contributed by atoms with Crippen LogP contribution in [0.1, 0.15) is 13.3 Å². The van der Waals surface area contributed by atoms with Gasteiger partial charge in [-0.1, -0.05) is 6.92 Å². The van der Waals surface area contributed by atoms with Gasteiger partial charge in [0.25, 0.3) is 5.91 Å². The summed E-state index contributed by atoms with van der Waals surface area (Å²) in [5, 5.41) is 0. The maximum absolute atomic E-state index is 10.7. The number of carbonyl (C=O) groups excluding carboxylic acids is 3. The Balaban J connectivity index is 3.52. The molecule has 0 aliphatic carbocycles. The fourth-order valence-electron chi connectivity index (χ4n) is 0.401. The summed E-state index contributed by atoms with van der Waals surface area (Å²) in [5.74, 6) is -0.993. The van der Waals surface area contributed by atoms with Gasteiger partial charge in [-0.15, -0.1) is 0 Å². The second-order valence-corrected chi connectivity index (χ2v) is 2.06. The van der Waals surface area contributed by atoms with Crippen molar-refractivity contribution in [2.75, 3.05) is 6.61 Å². The monoisotopic (exact) mass is 189 g/mol. The summed E-state index contributed by atoms with van der Waals surface area (Å²) in [7, 11) is 0. The summed E-state index contributed by atoms with van der Waals surface area (Å²) >= 11 is 0. The molecule has 0 bridgehead atoms. The number of primary amides is 1. The van der Waals surface area contributed by atoms with Gasteiger partial charge in [0.15, 0.2) is 6.61 Å². The highest BCUT2D eigenvalue weighted by atomic mass is 16.5. The Bertz CT molecular complexity index is 216.